The number of methoxy groups -OCH3 is 1. The van der Waals surface area contributed by atoms with Gasteiger partial charge in [0.1, 0.15) is 0 Å². The van der Waals surface area contributed by atoms with E-state index in [9.17, 15) is 0 Å². The lowest BCUT2D eigenvalue weighted by atomic mass is 9.97. The van der Waals surface area contributed by atoms with Crippen LogP contribution in [0.15, 0.2) is 4.73 Å². The number of hydrogen-bond acceptors (Lipinski definition) is 2. The molecular formula is C10H15BrN2O. The molecule has 0 spiro atoms. The SMILES string of the molecule is COCc1nc(Br)n2c1CC(C)CC2. The molecule has 0 amide bonds. The summed E-state index contributed by atoms with van der Waals surface area (Å²) >= 11 is 3.49. The zero-order chi connectivity index (χ0) is 10.1. The van der Waals surface area contributed by atoms with Gasteiger partial charge in [-0.3, -0.25) is 0 Å². The van der Waals surface area contributed by atoms with Crippen LogP contribution in [0.25, 0.3) is 0 Å². The summed E-state index contributed by atoms with van der Waals surface area (Å²) < 4.78 is 8.35. The predicted molar refractivity (Wildman–Crippen MR) is 58.1 cm³/mol. The van der Waals surface area contributed by atoms with Crippen molar-refractivity contribution in [2.24, 2.45) is 5.92 Å². The summed E-state index contributed by atoms with van der Waals surface area (Å²) in [5, 5.41) is 0. The first-order chi connectivity index (χ1) is 6.72. The Morgan fingerprint density at radius 2 is 2.43 bits per heavy atom. The van der Waals surface area contributed by atoms with Gasteiger partial charge in [-0.25, -0.2) is 4.98 Å². The first kappa shape index (κ1) is 10.2. The van der Waals surface area contributed by atoms with E-state index in [2.05, 4.69) is 32.4 Å². The van der Waals surface area contributed by atoms with Crippen molar-refractivity contribution in [2.45, 2.75) is 32.9 Å². The van der Waals surface area contributed by atoms with Crippen molar-refractivity contribution in [1.29, 1.82) is 0 Å². The number of fused-ring (bicyclic) bond motifs is 1. The Hall–Kier alpha value is -0.350. The molecule has 0 N–H and O–H groups in total. The van der Waals surface area contributed by atoms with E-state index in [0.29, 0.717) is 6.61 Å². The second-order valence-electron chi connectivity index (χ2n) is 3.96. The third-order valence-electron chi connectivity index (χ3n) is 2.78. The zero-order valence-corrected chi connectivity index (χ0v) is 10.2. The quantitative estimate of drug-likeness (QED) is 0.815. The number of hydrogen-bond donors (Lipinski definition) is 0. The van der Waals surface area contributed by atoms with Crippen LogP contribution in [0.1, 0.15) is 24.7 Å². The van der Waals surface area contributed by atoms with Gasteiger partial charge in [0.05, 0.1) is 12.3 Å². The fourth-order valence-corrected chi connectivity index (χ4v) is 2.60. The van der Waals surface area contributed by atoms with Gasteiger partial charge in [-0.15, -0.1) is 0 Å². The van der Waals surface area contributed by atoms with Crippen molar-refractivity contribution in [1.82, 2.24) is 9.55 Å². The Morgan fingerprint density at radius 1 is 1.64 bits per heavy atom. The molecule has 78 valence electrons. The standard InChI is InChI=1S/C10H15BrN2O/c1-7-3-4-13-9(5-7)8(6-14-2)12-10(13)11/h7H,3-6H2,1-2H3. The van der Waals surface area contributed by atoms with Crippen molar-refractivity contribution in [3.63, 3.8) is 0 Å². The molecule has 1 aliphatic rings. The minimum Gasteiger partial charge on any atom is -0.378 e. The van der Waals surface area contributed by atoms with Crippen LogP contribution in [0.5, 0.6) is 0 Å². The van der Waals surface area contributed by atoms with Gasteiger partial charge < -0.3 is 9.30 Å². The van der Waals surface area contributed by atoms with E-state index in [1.807, 2.05) is 0 Å². The highest BCUT2D eigenvalue weighted by atomic mass is 79.9. The predicted octanol–water partition coefficient (Wildman–Crippen LogP) is 2.37. The summed E-state index contributed by atoms with van der Waals surface area (Å²) in [5.41, 5.74) is 2.43. The maximum absolute atomic E-state index is 5.15. The topological polar surface area (TPSA) is 27.1 Å². The maximum Gasteiger partial charge on any atom is 0.177 e. The zero-order valence-electron chi connectivity index (χ0n) is 8.59. The average molecular weight is 259 g/mol. The van der Waals surface area contributed by atoms with Crippen LogP contribution in [0.4, 0.5) is 0 Å². The summed E-state index contributed by atoms with van der Waals surface area (Å²) in [6, 6.07) is 0. The molecule has 14 heavy (non-hydrogen) atoms. The highest BCUT2D eigenvalue weighted by molar-refractivity contribution is 9.10. The van der Waals surface area contributed by atoms with Crippen LogP contribution in [-0.4, -0.2) is 16.7 Å². The number of nitrogens with zero attached hydrogens (tertiary/aromatic N) is 2. The highest BCUT2D eigenvalue weighted by Crippen LogP contribution is 2.27. The molecule has 2 heterocycles. The molecular weight excluding hydrogens is 244 g/mol. The lowest BCUT2D eigenvalue weighted by Gasteiger charge is -2.21. The molecule has 4 heteroatoms. The van der Waals surface area contributed by atoms with Gasteiger partial charge in [-0.05, 0) is 34.7 Å². The molecule has 2 rings (SSSR count). The van der Waals surface area contributed by atoms with Gasteiger partial charge in [0, 0.05) is 19.3 Å². The monoisotopic (exact) mass is 258 g/mol. The smallest absolute Gasteiger partial charge is 0.177 e. The molecule has 0 aromatic carbocycles. The first-order valence-corrected chi connectivity index (χ1v) is 5.74. The summed E-state index contributed by atoms with van der Waals surface area (Å²) in [5.74, 6) is 0.765. The fraction of sp³-hybridized carbons (Fsp3) is 0.700. The molecule has 0 saturated carbocycles. The van der Waals surface area contributed by atoms with Crippen molar-refractivity contribution < 1.29 is 4.74 Å². The van der Waals surface area contributed by atoms with Gasteiger partial charge in [-0.2, -0.15) is 0 Å². The summed E-state index contributed by atoms with van der Waals surface area (Å²) in [6.07, 6.45) is 2.37. The Balaban J connectivity index is 2.34. The lowest BCUT2D eigenvalue weighted by Crippen LogP contribution is -2.17. The number of halogens is 1. The Bertz CT molecular complexity index is 335. The van der Waals surface area contributed by atoms with E-state index in [4.69, 9.17) is 4.74 Å². The minimum absolute atomic E-state index is 0.619. The Morgan fingerprint density at radius 3 is 3.14 bits per heavy atom. The van der Waals surface area contributed by atoms with Crippen LogP contribution in [0, 0.1) is 5.92 Å². The molecule has 0 radical (unpaired) electrons. The number of aromatic nitrogens is 2. The molecule has 1 aromatic heterocycles. The van der Waals surface area contributed by atoms with Crippen LogP contribution in [0.2, 0.25) is 0 Å². The van der Waals surface area contributed by atoms with Crippen molar-refractivity contribution in [3.8, 4) is 0 Å². The summed E-state index contributed by atoms with van der Waals surface area (Å²) in [7, 11) is 1.71. The van der Waals surface area contributed by atoms with Gasteiger partial charge in [0.2, 0.25) is 0 Å². The van der Waals surface area contributed by atoms with Crippen molar-refractivity contribution >= 4 is 15.9 Å². The third kappa shape index (κ3) is 1.73. The van der Waals surface area contributed by atoms with E-state index in [1.54, 1.807) is 7.11 Å². The number of ether oxygens (including phenoxy) is 1. The molecule has 1 atom stereocenters. The van der Waals surface area contributed by atoms with Crippen LogP contribution in [0.3, 0.4) is 0 Å². The highest BCUT2D eigenvalue weighted by Gasteiger charge is 2.21. The van der Waals surface area contributed by atoms with Gasteiger partial charge in [-0.1, -0.05) is 6.92 Å². The fourth-order valence-electron chi connectivity index (χ4n) is 1.99. The van der Waals surface area contributed by atoms with Crippen LogP contribution >= 0.6 is 15.9 Å². The molecule has 0 fully saturated rings. The van der Waals surface area contributed by atoms with Gasteiger partial charge >= 0.3 is 0 Å². The van der Waals surface area contributed by atoms with E-state index in [0.717, 1.165) is 29.3 Å². The largest absolute Gasteiger partial charge is 0.378 e. The van der Waals surface area contributed by atoms with Crippen molar-refractivity contribution in [2.75, 3.05) is 7.11 Å². The van der Waals surface area contributed by atoms with Crippen molar-refractivity contribution in [3.05, 3.63) is 16.1 Å². The molecule has 3 nitrogen and oxygen atoms in total. The Kier molecular flexibility index (Phi) is 2.93. The summed E-state index contributed by atoms with van der Waals surface area (Å²) in [6.45, 7) is 3.99. The minimum atomic E-state index is 0.619. The van der Waals surface area contributed by atoms with Crippen LogP contribution in [-0.2, 0) is 24.3 Å². The maximum atomic E-state index is 5.15. The van der Waals surface area contributed by atoms with Gasteiger partial charge in [0.25, 0.3) is 0 Å². The Labute approximate surface area is 92.6 Å². The van der Waals surface area contributed by atoms with Gasteiger partial charge in [0.15, 0.2) is 4.73 Å². The lowest BCUT2D eigenvalue weighted by molar-refractivity contribution is 0.180. The molecule has 1 unspecified atom stereocenters. The molecule has 0 saturated heterocycles. The van der Waals surface area contributed by atoms with E-state index in [-0.39, 0.29) is 0 Å². The average Bonchev–Trinajstić information content (AvgIpc) is 2.44. The molecule has 1 aromatic rings. The first-order valence-electron chi connectivity index (χ1n) is 4.95. The second-order valence-corrected chi connectivity index (χ2v) is 4.67. The van der Waals surface area contributed by atoms with E-state index < -0.39 is 0 Å². The number of rotatable bonds is 2. The third-order valence-corrected chi connectivity index (χ3v) is 3.38. The number of imidazole rings is 1. The van der Waals surface area contributed by atoms with E-state index in [1.165, 1.54) is 12.1 Å². The molecule has 1 aliphatic heterocycles. The summed E-state index contributed by atoms with van der Waals surface area (Å²) in [4.78, 5) is 4.47. The molecule has 0 bridgehead atoms. The second kappa shape index (κ2) is 4.03. The van der Waals surface area contributed by atoms with E-state index >= 15 is 0 Å². The molecule has 0 aliphatic carbocycles. The van der Waals surface area contributed by atoms with Crippen LogP contribution < -0.4 is 0 Å². The normalized spacial score (nSPS) is 20.9.